The summed E-state index contributed by atoms with van der Waals surface area (Å²) < 4.78 is 4.97. The van der Waals surface area contributed by atoms with Crippen LogP contribution in [0.2, 0.25) is 0 Å². The highest BCUT2D eigenvalue weighted by Crippen LogP contribution is 2.21. The Balaban J connectivity index is 2.22. The lowest BCUT2D eigenvalue weighted by Gasteiger charge is -2.27. The van der Waals surface area contributed by atoms with E-state index >= 15 is 0 Å². The summed E-state index contributed by atoms with van der Waals surface area (Å²) in [6.45, 7) is 1.87. The summed E-state index contributed by atoms with van der Waals surface area (Å²) in [5, 5.41) is 6.51. The maximum Gasteiger partial charge on any atom is 0.247 e. The molecule has 2 amide bonds. The molecule has 1 heterocycles. The van der Waals surface area contributed by atoms with Gasteiger partial charge in [0, 0.05) is 20.2 Å². The molecule has 0 aliphatic rings. The van der Waals surface area contributed by atoms with E-state index in [1.807, 2.05) is 30.3 Å². The van der Waals surface area contributed by atoms with Crippen molar-refractivity contribution in [3.05, 3.63) is 47.7 Å². The quantitative estimate of drug-likeness (QED) is 0.872. The molecular weight excluding hydrogens is 308 g/mol. The van der Waals surface area contributed by atoms with Gasteiger partial charge in [0.2, 0.25) is 11.8 Å². The molecule has 0 bridgehead atoms. The topological polar surface area (TPSA) is 78.7 Å². The average Bonchev–Trinajstić information content (AvgIpc) is 2.93. The Labute approximate surface area is 141 Å². The van der Waals surface area contributed by atoms with Gasteiger partial charge >= 0.3 is 0 Å². The molecule has 0 spiro atoms. The van der Waals surface area contributed by atoms with Crippen LogP contribution in [0, 0.1) is 6.92 Å². The monoisotopic (exact) mass is 330 g/mol. The molecule has 1 unspecified atom stereocenters. The maximum absolute atomic E-state index is 12.8. The van der Waals surface area contributed by atoms with Gasteiger partial charge in [-0.05, 0) is 19.5 Å². The van der Waals surface area contributed by atoms with Crippen LogP contribution in [0.4, 0.5) is 5.82 Å². The third-order valence-electron chi connectivity index (χ3n) is 3.57. The minimum Gasteiger partial charge on any atom is -0.360 e. The van der Waals surface area contributed by atoms with E-state index < -0.39 is 6.04 Å². The molecule has 0 saturated heterocycles. The summed E-state index contributed by atoms with van der Waals surface area (Å²) in [6.07, 6.45) is 0. The first kappa shape index (κ1) is 17.7. The minimum atomic E-state index is -0.618. The van der Waals surface area contributed by atoms with Crippen molar-refractivity contribution in [2.45, 2.75) is 13.0 Å². The summed E-state index contributed by atoms with van der Waals surface area (Å²) in [5.41, 5.74) is 0.796. The number of carbonyl (C=O) groups excluding carboxylic acids is 2. The lowest BCUT2D eigenvalue weighted by molar-refractivity contribution is -0.131. The number of likely N-dealkylation sites (N-methyl/N-ethyl adjacent to an activating group) is 2. The molecule has 0 fully saturated rings. The van der Waals surface area contributed by atoms with Crippen molar-refractivity contribution in [3.63, 3.8) is 0 Å². The van der Waals surface area contributed by atoms with Gasteiger partial charge in [0.1, 0.15) is 11.8 Å². The van der Waals surface area contributed by atoms with Gasteiger partial charge in [-0.2, -0.15) is 0 Å². The molecule has 2 rings (SSSR count). The molecule has 7 nitrogen and oxygen atoms in total. The van der Waals surface area contributed by atoms with Gasteiger partial charge in [0.15, 0.2) is 5.82 Å². The van der Waals surface area contributed by atoms with E-state index in [1.54, 1.807) is 39.0 Å². The Bertz CT molecular complexity index is 697. The Hall–Kier alpha value is -2.67. The van der Waals surface area contributed by atoms with E-state index in [2.05, 4.69) is 10.5 Å². The first-order valence-electron chi connectivity index (χ1n) is 7.58. The van der Waals surface area contributed by atoms with Crippen LogP contribution < -0.4 is 5.32 Å². The highest BCUT2D eigenvalue weighted by atomic mass is 16.5. The lowest BCUT2D eigenvalue weighted by Crippen LogP contribution is -2.41. The predicted molar refractivity (Wildman–Crippen MR) is 90.4 cm³/mol. The molecule has 7 heteroatoms. The number of aryl methyl sites for hydroxylation is 1. The van der Waals surface area contributed by atoms with Crippen LogP contribution in [0.1, 0.15) is 17.4 Å². The molecule has 0 aliphatic heterocycles. The van der Waals surface area contributed by atoms with Gasteiger partial charge in [0.05, 0.1) is 6.54 Å². The van der Waals surface area contributed by atoms with E-state index in [9.17, 15) is 9.59 Å². The fourth-order valence-electron chi connectivity index (χ4n) is 2.31. The molecule has 0 saturated carbocycles. The van der Waals surface area contributed by atoms with Crippen LogP contribution in [0.15, 0.2) is 40.9 Å². The van der Waals surface area contributed by atoms with Gasteiger partial charge in [-0.15, -0.1) is 0 Å². The number of hydrogen-bond donors (Lipinski definition) is 1. The van der Waals surface area contributed by atoms with Crippen molar-refractivity contribution < 1.29 is 14.1 Å². The van der Waals surface area contributed by atoms with E-state index in [1.165, 1.54) is 4.90 Å². The number of rotatable bonds is 6. The number of benzene rings is 1. The summed E-state index contributed by atoms with van der Waals surface area (Å²) in [4.78, 5) is 28.0. The second-order valence-electron chi connectivity index (χ2n) is 5.83. The maximum atomic E-state index is 12.8. The average molecular weight is 330 g/mol. The number of nitrogens with zero attached hydrogens (tertiary/aromatic N) is 3. The molecule has 1 aromatic heterocycles. The first-order valence-corrected chi connectivity index (χ1v) is 7.58. The Morgan fingerprint density at radius 2 is 1.88 bits per heavy atom. The molecule has 2 aromatic rings. The van der Waals surface area contributed by atoms with E-state index in [4.69, 9.17) is 4.52 Å². The molecule has 1 N–H and O–H groups in total. The van der Waals surface area contributed by atoms with Gasteiger partial charge in [-0.1, -0.05) is 35.5 Å². The van der Waals surface area contributed by atoms with Crippen molar-refractivity contribution in [1.82, 2.24) is 15.0 Å². The fraction of sp³-hybridized carbons (Fsp3) is 0.353. The fourth-order valence-corrected chi connectivity index (χ4v) is 2.31. The molecule has 0 radical (unpaired) electrons. The van der Waals surface area contributed by atoms with Crippen molar-refractivity contribution in [1.29, 1.82) is 0 Å². The predicted octanol–water partition coefficient (Wildman–Crippen LogP) is 1.68. The standard InChI is InChI=1S/C17H22N4O3/c1-12-10-14(19-24-12)18-17(23)16(13-8-6-5-7-9-13)21(4)11-15(22)20(2)3/h5-10,16H,11H2,1-4H3,(H,18,19,23). The molecule has 1 aromatic carbocycles. The van der Waals surface area contributed by atoms with Crippen molar-refractivity contribution in [2.75, 3.05) is 33.0 Å². The van der Waals surface area contributed by atoms with Crippen molar-refractivity contribution in [2.24, 2.45) is 0 Å². The van der Waals surface area contributed by atoms with Crippen LogP contribution >= 0.6 is 0 Å². The lowest BCUT2D eigenvalue weighted by atomic mass is 10.0. The normalized spacial score (nSPS) is 12.0. The SMILES string of the molecule is Cc1cc(NC(=O)C(c2ccccc2)N(C)CC(=O)N(C)C)no1. The molecule has 1 atom stereocenters. The Morgan fingerprint density at radius 3 is 2.42 bits per heavy atom. The first-order chi connectivity index (χ1) is 11.4. The van der Waals surface area contributed by atoms with E-state index in [0.717, 1.165) is 5.56 Å². The minimum absolute atomic E-state index is 0.0801. The summed E-state index contributed by atoms with van der Waals surface area (Å²) in [5.74, 6) is 0.607. The number of amides is 2. The molecule has 0 aliphatic carbocycles. The zero-order valence-electron chi connectivity index (χ0n) is 14.3. The molecular formula is C17H22N4O3. The van der Waals surface area contributed by atoms with Crippen LogP contribution in [0.5, 0.6) is 0 Å². The van der Waals surface area contributed by atoms with E-state index in [0.29, 0.717) is 11.6 Å². The number of carbonyl (C=O) groups is 2. The van der Waals surface area contributed by atoms with Crippen LogP contribution in [0.3, 0.4) is 0 Å². The zero-order valence-corrected chi connectivity index (χ0v) is 14.3. The molecule has 128 valence electrons. The second kappa shape index (κ2) is 7.74. The van der Waals surface area contributed by atoms with Gasteiger partial charge in [-0.25, -0.2) is 0 Å². The Morgan fingerprint density at radius 1 is 1.21 bits per heavy atom. The van der Waals surface area contributed by atoms with Crippen molar-refractivity contribution in [3.8, 4) is 0 Å². The summed E-state index contributed by atoms with van der Waals surface area (Å²) >= 11 is 0. The van der Waals surface area contributed by atoms with Gasteiger partial charge < -0.3 is 14.7 Å². The summed E-state index contributed by atoms with van der Waals surface area (Å²) in [6, 6.07) is 10.3. The summed E-state index contributed by atoms with van der Waals surface area (Å²) in [7, 11) is 5.12. The van der Waals surface area contributed by atoms with Crippen LogP contribution in [-0.4, -0.2) is 54.5 Å². The molecule has 24 heavy (non-hydrogen) atoms. The van der Waals surface area contributed by atoms with Crippen LogP contribution in [0.25, 0.3) is 0 Å². The number of nitrogens with one attached hydrogen (secondary N) is 1. The largest absolute Gasteiger partial charge is 0.360 e. The highest BCUT2D eigenvalue weighted by Gasteiger charge is 2.27. The third kappa shape index (κ3) is 4.42. The van der Waals surface area contributed by atoms with Gasteiger partial charge in [0.25, 0.3) is 0 Å². The van der Waals surface area contributed by atoms with E-state index in [-0.39, 0.29) is 18.4 Å². The second-order valence-corrected chi connectivity index (χ2v) is 5.83. The smallest absolute Gasteiger partial charge is 0.247 e. The number of aromatic nitrogens is 1. The Kier molecular flexibility index (Phi) is 5.70. The van der Waals surface area contributed by atoms with Crippen molar-refractivity contribution >= 4 is 17.6 Å². The third-order valence-corrected chi connectivity index (χ3v) is 3.57. The number of hydrogen-bond acceptors (Lipinski definition) is 5. The highest BCUT2D eigenvalue weighted by molar-refractivity contribution is 5.95. The van der Waals surface area contributed by atoms with Crippen LogP contribution in [-0.2, 0) is 9.59 Å². The van der Waals surface area contributed by atoms with Gasteiger partial charge in [-0.3, -0.25) is 14.5 Å². The zero-order chi connectivity index (χ0) is 17.7. The number of anilines is 1.